The number of carbonyl (C=O) groups is 1. The van der Waals surface area contributed by atoms with E-state index in [0.29, 0.717) is 13.2 Å². The Kier molecular flexibility index (Phi) is 5.78. The molecule has 0 aromatic carbocycles. The summed E-state index contributed by atoms with van der Waals surface area (Å²) in [5.41, 5.74) is 2.60. The van der Waals surface area contributed by atoms with E-state index >= 15 is 0 Å². The molecule has 0 radical (unpaired) electrons. The zero-order valence-corrected chi connectivity index (χ0v) is 7.31. The van der Waals surface area contributed by atoms with Crippen LogP contribution >= 0.6 is 0 Å². The molecular formula is C7H16N2O2. The highest BCUT2D eigenvalue weighted by atomic mass is 16.6. The number of carbonyl (C=O) groups excluding carboxylic acids is 1. The van der Waals surface area contributed by atoms with Gasteiger partial charge in [-0.3, -0.25) is 4.79 Å². The second kappa shape index (κ2) is 6.12. The van der Waals surface area contributed by atoms with Crippen molar-refractivity contribution >= 4 is 5.91 Å². The first kappa shape index (κ1) is 10.4. The molecule has 2 N–H and O–H groups in total. The SMILES string of the molecule is CCNC(=O)C(C)NOCC. The highest BCUT2D eigenvalue weighted by Gasteiger charge is 2.09. The summed E-state index contributed by atoms with van der Waals surface area (Å²) in [7, 11) is 0. The maximum Gasteiger partial charge on any atom is 0.239 e. The van der Waals surface area contributed by atoms with Crippen molar-refractivity contribution in [2.45, 2.75) is 26.8 Å². The number of likely N-dealkylation sites (N-methyl/N-ethyl adjacent to an activating group) is 1. The Bertz CT molecular complexity index is 117. The van der Waals surface area contributed by atoms with Gasteiger partial charge in [-0.05, 0) is 20.8 Å². The van der Waals surface area contributed by atoms with Crippen LogP contribution in [0.15, 0.2) is 0 Å². The number of hydroxylamine groups is 1. The fourth-order valence-corrected chi connectivity index (χ4v) is 0.589. The first-order chi connectivity index (χ1) is 5.22. The Labute approximate surface area is 67.3 Å². The van der Waals surface area contributed by atoms with E-state index in [0.717, 1.165) is 0 Å². The third kappa shape index (κ3) is 4.75. The Morgan fingerprint density at radius 3 is 2.64 bits per heavy atom. The summed E-state index contributed by atoms with van der Waals surface area (Å²) in [6.45, 7) is 6.70. The Balaban J connectivity index is 3.46. The summed E-state index contributed by atoms with van der Waals surface area (Å²) < 4.78 is 0. The lowest BCUT2D eigenvalue weighted by Crippen LogP contribution is -2.41. The second-order valence-corrected chi connectivity index (χ2v) is 2.17. The fraction of sp³-hybridized carbons (Fsp3) is 0.857. The van der Waals surface area contributed by atoms with Gasteiger partial charge in [-0.1, -0.05) is 0 Å². The van der Waals surface area contributed by atoms with E-state index in [1.807, 2.05) is 13.8 Å². The van der Waals surface area contributed by atoms with E-state index in [1.165, 1.54) is 0 Å². The molecule has 0 fully saturated rings. The summed E-state index contributed by atoms with van der Waals surface area (Å²) >= 11 is 0. The lowest BCUT2D eigenvalue weighted by molar-refractivity contribution is -0.126. The molecule has 1 unspecified atom stereocenters. The van der Waals surface area contributed by atoms with Crippen LogP contribution in [-0.4, -0.2) is 25.1 Å². The van der Waals surface area contributed by atoms with Crippen molar-refractivity contribution in [3.8, 4) is 0 Å². The average Bonchev–Trinajstić information content (AvgIpc) is 2.00. The molecule has 11 heavy (non-hydrogen) atoms. The lowest BCUT2D eigenvalue weighted by atomic mass is 10.3. The number of hydrogen-bond acceptors (Lipinski definition) is 3. The third-order valence-electron chi connectivity index (χ3n) is 1.15. The second-order valence-electron chi connectivity index (χ2n) is 2.17. The summed E-state index contributed by atoms with van der Waals surface area (Å²) in [6, 6.07) is -0.283. The van der Waals surface area contributed by atoms with Crippen molar-refractivity contribution in [2.24, 2.45) is 0 Å². The maximum atomic E-state index is 11.0. The van der Waals surface area contributed by atoms with Gasteiger partial charge in [-0.25, -0.2) is 0 Å². The summed E-state index contributed by atoms with van der Waals surface area (Å²) in [5.74, 6) is -0.0408. The number of rotatable bonds is 5. The van der Waals surface area contributed by atoms with Crippen LogP contribution in [0.2, 0.25) is 0 Å². The van der Waals surface area contributed by atoms with E-state index < -0.39 is 0 Å². The van der Waals surface area contributed by atoms with Crippen LogP contribution in [0.5, 0.6) is 0 Å². The van der Waals surface area contributed by atoms with Gasteiger partial charge >= 0.3 is 0 Å². The van der Waals surface area contributed by atoms with Crippen molar-refractivity contribution < 1.29 is 9.63 Å². The van der Waals surface area contributed by atoms with Gasteiger partial charge in [0.2, 0.25) is 5.91 Å². The van der Waals surface area contributed by atoms with Crippen LogP contribution in [0.25, 0.3) is 0 Å². The fourth-order valence-electron chi connectivity index (χ4n) is 0.589. The highest BCUT2D eigenvalue weighted by Crippen LogP contribution is 1.81. The molecule has 0 saturated carbocycles. The molecule has 4 heteroatoms. The van der Waals surface area contributed by atoms with E-state index in [4.69, 9.17) is 4.84 Å². The summed E-state index contributed by atoms with van der Waals surface area (Å²) in [6.07, 6.45) is 0. The van der Waals surface area contributed by atoms with Gasteiger partial charge in [0.15, 0.2) is 0 Å². The Morgan fingerprint density at radius 2 is 2.18 bits per heavy atom. The predicted molar refractivity (Wildman–Crippen MR) is 42.9 cm³/mol. The van der Waals surface area contributed by atoms with E-state index in [2.05, 4.69) is 10.8 Å². The van der Waals surface area contributed by atoms with E-state index in [-0.39, 0.29) is 11.9 Å². The monoisotopic (exact) mass is 160 g/mol. The standard InChI is InChI=1S/C7H16N2O2/c1-4-8-7(10)6(3)9-11-5-2/h6,9H,4-5H2,1-3H3,(H,8,10). The molecule has 4 nitrogen and oxygen atoms in total. The van der Waals surface area contributed by atoms with Crippen LogP contribution in [0.1, 0.15) is 20.8 Å². The maximum absolute atomic E-state index is 11.0. The number of amides is 1. The summed E-state index contributed by atoms with van der Waals surface area (Å²) in [4.78, 5) is 15.8. The predicted octanol–water partition coefficient (Wildman–Crippen LogP) is 0.0521. The van der Waals surface area contributed by atoms with Crippen molar-refractivity contribution in [3.05, 3.63) is 0 Å². The molecule has 0 aliphatic carbocycles. The molecule has 0 rings (SSSR count). The molecule has 0 aliphatic heterocycles. The largest absolute Gasteiger partial charge is 0.355 e. The quantitative estimate of drug-likeness (QED) is 0.559. The third-order valence-corrected chi connectivity index (χ3v) is 1.15. The van der Waals surface area contributed by atoms with Gasteiger partial charge in [0, 0.05) is 6.54 Å². The molecule has 66 valence electrons. The number of nitrogens with one attached hydrogen (secondary N) is 2. The Morgan fingerprint density at radius 1 is 1.55 bits per heavy atom. The molecule has 0 spiro atoms. The first-order valence-electron chi connectivity index (χ1n) is 3.87. The first-order valence-corrected chi connectivity index (χ1v) is 3.87. The van der Waals surface area contributed by atoms with Gasteiger partial charge in [-0.15, -0.1) is 0 Å². The van der Waals surface area contributed by atoms with Crippen molar-refractivity contribution in [1.29, 1.82) is 0 Å². The van der Waals surface area contributed by atoms with Gasteiger partial charge in [0.05, 0.1) is 6.61 Å². The van der Waals surface area contributed by atoms with Crippen molar-refractivity contribution in [1.82, 2.24) is 10.8 Å². The Hall–Kier alpha value is -0.610. The van der Waals surface area contributed by atoms with Gasteiger partial charge < -0.3 is 10.2 Å². The molecule has 1 amide bonds. The van der Waals surface area contributed by atoms with Crippen molar-refractivity contribution in [3.63, 3.8) is 0 Å². The average molecular weight is 160 g/mol. The highest BCUT2D eigenvalue weighted by molar-refractivity contribution is 5.80. The minimum absolute atomic E-state index is 0.0408. The van der Waals surface area contributed by atoms with Gasteiger partial charge in [0.25, 0.3) is 0 Å². The van der Waals surface area contributed by atoms with Crippen LogP contribution in [-0.2, 0) is 9.63 Å². The zero-order chi connectivity index (χ0) is 8.69. The summed E-state index contributed by atoms with van der Waals surface area (Å²) in [5, 5.41) is 2.67. The molecule has 0 aromatic rings. The molecule has 0 aliphatic rings. The molecular weight excluding hydrogens is 144 g/mol. The van der Waals surface area contributed by atoms with Crippen LogP contribution in [0.4, 0.5) is 0 Å². The molecule has 0 saturated heterocycles. The molecule has 1 atom stereocenters. The molecule has 0 bridgehead atoms. The van der Waals surface area contributed by atoms with Crippen molar-refractivity contribution in [2.75, 3.05) is 13.2 Å². The van der Waals surface area contributed by atoms with E-state index in [9.17, 15) is 4.79 Å². The molecule has 0 aromatic heterocycles. The van der Waals surface area contributed by atoms with E-state index in [1.54, 1.807) is 6.92 Å². The topological polar surface area (TPSA) is 50.4 Å². The smallest absolute Gasteiger partial charge is 0.239 e. The number of hydrogen-bond donors (Lipinski definition) is 2. The zero-order valence-electron chi connectivity index (χ0n) is 7.31. The van der Waals surface area contributed by atoms with Gasteiger partial charge in [-0.2, -0.15) is 5.48 Å². The van der Waals surface area contributed by atoms with Crippen LogP contribution < -0.4 is 10.8 Å². The molecule has 0 heterocycles. The van der Waals surface area contributed by atoms with Gasteiger partial charge in [0.1, 0.15) is 6.04 Å². The minimum Gasteiger partial charge on any atom is -0.355 e. The van der Waals surface area contributed by atoms with Crippen LogP contribution in [0, 0.1) is 0 Å². The minimum atomic E-state index is -0.283. The lowest BCUT2D eigenvalue weighted by Gasteiger charge is -2.11. The van der Waals surface area contributed by atoms with Crippen LogP contribution in [0.3, 0.4) is 0 Å². The normalized spacial score (nSPS) is 12.6.